The zero-order chi connectivity index (χ0) is 18.1. The summed E-state index contributed by atoms with van der Waals surface area (Å²) >= 11 is 0. The second-order valence-corrected chi connectivity index (χ2v) is 5.62. The Morgan fingerprint density at radius 2 is 1.72 bits per heavy atom. The van der Waals surface area contributed by atoms with Gasteiger partial charge >= 0.3 is 0 Å². The van der Waals surface area contributed by atoms with Crippen LogP contribution in [0.25, 0.3) is 0 Å². The molecule has 1 atom stereocenters. The van der Waals surface area contributed by atoms with Gasteiger partial charge < -0.3 is 15.2 Å². The van der Waals surface area contributed by atoms with Crippen LogP contribution >= 0.6 is 0 Å². The number of aliphatic hydroxyl groups excluding tert-OH is 1. The molecule has 2 N–H and O–H groups in total. The standard InChI is InChI=1S/C20H26N2O3/c1-3-22(4-2)19(16-8-6-5-7-9-16)20(24)21-17-10-12-18(13-11-17)25-15-14-23/h5-13,19,23H,3-4,14-15H2,1-2H3,(H,21,24). The van der Waals surface area contributed by atoms with Crippen molar-refractivity contribution in [2.24, 2.45) is 0 Å². The van der Waals surface area contributed by atoms with Gasteiger partial charge in [-0.25, -0.2) is 0 Å². The Labute approximate surface area is 149 Å². The molecule has 2 aromatic rings. The Kier molecular flexibility index (Phi) is 7.44. The number of nitrogens with zero attached hydrogens (tertiary/aromatic N) is 1. The maximum atomic E-state index is 12.9. The molecular weight excluding hydrogens is 316 g/mol. The van der Waals surface area contributed by atoms with Crippen molar-refractivity contribution >= 4 is 11.6 Å². The van der Waals surface area contributed by atoms with Gasteiger partial charge in [-0.1, -0.05) is 44.2 Å². The molecule has 0 radical (unpaired) electrons. The predicted molar refractivity (Wildman–Crippen MR) is 99.8 cm³/mol. The van der Waals surface area contributed by atoms with Crippen LogP contribution in [0.4, 0.5) is 5.69 Å². The lowest BCUT2D eigenvalue weighted by Gasteiger charge is -2.29. The van der Waals surface area contributed by atoms with Crippen LogP contribution in [0.1, 0.15) is 25.5 Å². The third-order valence-electron chi connectivity index (χ3n) is 4.02. The molecule has 2 aromatic carbocycles. The Bertz CT molecular complexity index is 640. The number of rotatable bonds is 9. The smallest absolute Gasteiger partial charge is 0.246 e. The third kappa shape index (κ3) is 5.31. The largest absolute Gasteiger partial charge is 0.491 e. The molecule has 0 aliphatic heterocycles. The second kappa shape index (κ2) is 9.81. The molecule has 5 nitrogen and oxygen atoms in total. The first-order chi connectivity index (χ1) is 12.2. The topological polar surface area (TPSA) is 61.8 Å². The van der Waals surface area contributed by atoms with E-state index in [0.717, 1.165) is 24.3 Å². The normalized spacial score (nSPS) is 12.0. The predicted octanol–water partition coefficient (Wildman–Crippen LogP) is 3.08. The fourth-order valence-electron chi connectivity index (χ4n) is 2.76. The molecule has 25 heavy (non-hydrogen) atoms. The molecule has 5 heteroatoms. The van der Waals surface area contributed by atoms with E-state index in [0.29, 0.717) is 5.75 Å². The maximum Gasteiger partial charge on any atom is 0.246 e. The van der Waals surface area contributed by atoms with Crippen LogP contribution in [0.5, 0.6) is 5.75 Å². The number of hydrogen-bond donors (Lipinski definition) is 2. The van der Waals surface area contributed by atoms with E-state index in [4.69, 9.17) is 9.84 Å². The number of carbonyl (C=O) groups excluding carboxylic acids is 1. The minimum Gasteiger partial charge on any atom is -0.491 e. The van der Waals surface area contributed by atoms with E-state index in [9.17, 15) is 4.79 Å². The molecule has 0 aliphatic carbocycles. The van der Waals surface area contributed by atoms with Crippen LogP contribution in [0.2, 0.25) is 0 Å². The quantitative estimate of drug-likeness (QED) is 0.735. The van der Waals surface area contributed by atoms with Crippen LogP contribution in [0.15, 0.2) is 54.6 Å². The number of amides is 1. The average molecular weight is 342 g/mol. The van der Waals surface area contributed by atoms with E-state index in [2.05, 4.69) is 24.1 Å². The summed E-state index contributed by atoms with van der Waals surface area (Å²) in [7, 11) is 0. The van der Waals surface area contributed by atoms with Gasteiger partial charge in [0.25, 0.3) is 0 Å². The minimum atomic E-state index is -0.332. The van der Waals surface area contributed by atoms with Gasteiger partial charge in [0.1, 0.15) is 18.4 Å². The molecule has 134 valence electrons. The Hall–Kier alpha value is -2.37. The van der Waals surface area contributed by atoms with Gasteiger partial charge in [0.2, 0.25) is 5.91 Å². The first kappa shape index (κ1) is 19.0. The fraction of sp³-hybridized carbons (Fsp3) is 0.350. The van der Waals surface area contributed by atoms with E-state index in [-0.39, 0.29) is 25.2 Å². The molecule has 1 unspecified atom stereocenters. The van der Waals surface area contributed by atoms with Crippen molar-refractivity contribution in [1.29, 1.82) is 0 Å². The lowest BCUT2D eigenvalue weighted by molar-refractivity contribution is -0.121. The zero-order valence-electron chi connectivity index (χ0n) is 14.8. The molecule has 0 saturated heterocycles. The molecule has 1 amide bonds. The zero-order valence-corrected chi connectivity index (χ0v) is 14.8. The van der Waals surface area contributed by atoms with Gasteiger partial charge in [-0.15, -0.1) is 0 Å². The van der Waals surface area contributed by atoms with Crippen LogP contribution in [-0.2, 0) is 4.79 Å². The highest BCUT2D eigenvalue weighted by molar-refractivity contribution is 5.95. The number of ether oxygens (including phenoxy) is 1. The minimum absolute atomic E-state index is 0.0267. The van der Waals surface area contributed by atoms with E-state index in [1.165, 1.54) is 0 Å². The van der Waals surface area contributed by atoms with E-state index in [1.807, 2.05) is 30.3 Å². The molecule has 2 rings (SSSR count). The molecule has 0 heterocycles. The molecule has 0 aliphatic rings. The van der Waals surface area contributed by atoms with E-state index < -0.39 is 0 Å². The summed E-state index contributed by atoms with van der Waals surface area (Å²) in [4.78, 5) is 15.0. The van der Waals surface area contributed by atoms with Gasteiger partial charge in [-0.2, -0.15) is 0 Å². The highest BCUT2D eigenvalue weighted by atomic mass is 16.5. The van der Waals surface area contributed by atoms with Crippen molar-refractivity contribution in [1.82, 2.24) is 4.90 Å². The fourth-order valence-corrected chi connectivity index (χ4v) is 2.76. The summed E-state index contributed by atoms with van der Waals surface area (Å²) in [6.45, 7) is 5.92. The van der Waals surface area contributed by atoms with Crippen molar-refractivity contribution in [2.75, 3.05) is 31.6 Å². The number of aliphatic hydroxyl groups is 1. The summed E-state index contributed by atoms with van der Waals surface area (Å²) in [6, 6.07) is 16.6. The number of nitrogens with one attached hydrogen (secondary N) is 1. The summed E-state index contributed by atoms with van der Waals surface area (Å²) < 4.78 is 5.33. The summed E-state index contributed by atoms with van der Waals surface area (Å²) in [5.41, 5.74) is 1.70. The van der Waals surface area contributed by atoms with Crippen molar-refractivity contribution < 1.29 is 14.6 Å². The summed E-state index contributed by atoms with van der Waals surface area (Å²) in [6.07, 6.45) is 0. The highest BCUT2D eigenvalue weighted by Gasteiger charge is 2.25. The van der Waals surface area contributed by atoms with Gasteiger partial charge in [-0.3, -0.25) is 9.69 Å². The van der Waals surface area contributed by atoms with E-state index in [1.54, 1.807) is 24.3 Å². The molecule has 0 fully saturated rings. The third-order valence-corrected chi connectivity index (χ3v) is 4.02. The SMILES string of the molecule is CCN(CC)C(C(=O)Nc1ccc(OCCO)cc1)c1ccccc1. The monoisotopic (exact) mass is 342 g/mol. The van der Waals surface area contributed by atoms with E-state index >= 15 is 0 Å². The number of benzene rings is 2. The van der Waals surface area contributed by atoms with Gasteiger partial charge in [0.15, 0.2) is 0 Å². The van der Waals surface area contributed by atoms with Crippen LogP contribution in [0.3, 0.4) is 0 Å². The van der Waals surface area contributed by atoms with Crippen LogP contribution in [0, 0.1) is 0 Å². The lowest BCUT2D eigenvalue weighted by Crippen LogP contribution is -2.37. The van der Waals surface area contributed by atoms with Gasteiger partial charge in [0, 0.05) is 5.69 Å². The Morgan fingerprint density at radius 3 is 2.28 bits per heavy atom. The summed E-state index contributed by atoms with van der Waals surface area (Å²) in [5.74, 6) is 0.606. The Balaban J connectivity index is 2.14. The first-order valence-corrected chi connectivity index (χ1v) is 8.63. The van der Waals surface area contributed by atoms with Crippen LogP contribution in [-0.4, -0.2) is 42.2 Å². The number of carbonyl (C=O) groups is 1. The molecule has 0 bridgehead atoms. The number of hydrogen-bond acceptors (Lipinski definition) is 4. The maximum absolute atomic E-state index is 12.9. The molecule has 0 spiro atoms. The summed E-state index contributed by atoms with van der Waals surface area (Å²) in [5, 5.41) is 11.8. The highest BCUT2D eigenvalue weighted by Crippen LogP contribution is 2.23. The Morgan fingerprint density at radius 1 is 1.08 bits per heavy atom. The van der Waals surface area contributed by atoms with Gasteiger partial charge in [0.05, 0.1) is 6.61 Å². The molecule has 0 saturated carbocycles. The first-order valence-electron chi connectivity index (χ1n) is 8.63. The second-order valence-electron chi connectivity index (χ2n) is 5.62. The number of anilines is 1. The van der Waals surface area contributed by atoms with Crippen molar-refractivity contribution in [3.8, 4) is 5.75 Å². The van der Waals surface area contributed by atoms with Crippen molar-refractivity contribution in [2.45, 2.75) is 19.9 Å². The van der Waals surface area contributed by atoms with Crippen LogP contribution < -0.4 is 10.1 Å². The lowest BCUT2D eigenvalue weighted by atomic mass is 10.0. The molecular formula is C20H26N2O3. The van der Waals surface area contributed by atoms with Crippen molar-refractivity contribution in [3.63, 3.8) is 0 Å². The van der Waals surface area contributed by atoms with Gasteiger partial charge in [-0.05, 0) is 42.9 Å². The molecule has 0 aromatic heterocycles. The number of likely N-dealkylation sites (N-methyl/N-ethyl adjacent to an activating group) is 1. The average Bonchev–Trinajstić information content (AvgIpc) is 2.66. The van der Waals surface area contributed by atoms with Crippen molar-refractivity contribution in [3.05, 3.63) is 60.2 Å².